The maximum absolute atomic E-state index is 10.6. The van der Waals surface area contributed by atoms with Gasteiger partial charge in [0, 0.05) is 11.6 Å². The third-order valence-corrected chi connectivity index (χ3v) is 3.68. The third kappa shape index (κ3) is 4.00. The van der Waals surface area contributed by atoms with Crippen LogP contribution in [0.2, 0.25) is 0 Å². The van der Waals surface area contributed by atoms with Gasteiger partial charge in [-0.25, -0.2) is 9.48 Å². The van der Waals surface area contributed by atoms with Crippen LogP contribution in [0.15, 0.2) is 48.7 Å². The molecule has 2 aromatic carbocycles. The highest BCUT2D eigenvalue weighted by Crippen LogP contribution is 2.22. The molecule has 0 saturated carbocycles. The van der Waals surface area contributed by atoms with Crippen LogP contribution in [0.25, 0.3) is 16.6 Å². The molecule has 1 aromatic heterocycles. The van der Waals surface area contributed by atoms with E-state index in [1.165, 1.54) is 0 Å². The SMILES string of the molecule is COc1ccc2nn(-c3ccc(OC[C@H](C)NC(=O)O)cc3)cc2c1. The number of nitrogens with zero attached hydrogens (tertiary/aromatic N) is 2. The van der Waals surface area contributed by atoms with Crippen LogP contribution >= 0.6 is 0 Å². The summed E-state index contributed by atoms with van der Waals surface area (Å²) in [6.07, 6.45) is 0.876. The second kappa shape index (κ2) is 7.12. The highest BCUT2D eigenvalue weighted by Gasteiger charge is 2.07. The summed E-state index contributed by atoms with van der Waals surface area (Å²) in [4.78, 5) is 10.6. The summed E-state index contributed by atoms with van der Waals surface area (Å²) in [5.41, 5.74) is 1.79. The molecule has 0 radical (unpaired) electrons. The van der Waals surface area contributed by atoms with Crippen LogP contribution < -0.4 is 14.8 Å². The maximum atomic E-state index is 10.6. The van der Waals surface area contributed by atoms with Gasteiger partial charge in [0.1, 0.15) is 18.1 Å². The molecule has 0 unspecified atom stereocenters. The Balaban J connectivity index is 1.70. The number of amides is 1. The number of carboxylic acid groups (broad SMARTS) is 1. The van der Waals surface area contributed by atoms with Crippen molar-refractivity contribution in [1.82, 2.24) is 15.1 Å². The first-order chi connectivity index (χ1) is 12.0. The van der Waals surface area contributed by atoms with Gasteiger partial charge in [-0.1, -0.05) is 0 Å². The van der Waals surface area contributed by atoms with E-state index in [0.717, 1.165) is 22.3 Å². The number of fused-ring (bicyclic) bond motifs is 1. The Morgan fingerprint density at radius 2 is 1.96 bits per heavy atom. The summed E-state index contributed by atoms with van der Waals surface area (Å²) in [5.74, 6) is 1.46. The first-order valence-corrected chi connectivity index (χ1v) is 7.81. The number of hydrogen-bond donors (Lipinski definition) is 2. The Hall–Kier alpha value is -3.22. The van der Waals surface area contributed by atoms with Crippen molar-refractivity contribution in [2.24, 2.45) is 0 Å². The molecular weight excluding hydrogens is 322 g/mol. The largest absolute Gasteiger partial charge is 0.497 e. The molecule has 0 fully saturated rings. The summed E-state index contributed by atoms with van der Waals surface area (Å²) >= 11 is 0. The zero-order valence-corrected chi connectivity index (χ0v) is 14.0. The molecule has 0 bridgehead atoms. The number of hydrogen-bond acceptors (Lipinski definition) is 4. The number of rotatable bonds is 6. The van der Waals surface area contributed by atoms with Crippen LogP contribution in [0.1, 0.15) is 6.92 Å². The molecule has 3 aromatic rings. The third-order valence-electron chi connectivity index (χ3n) is 3.68. The van der Waals surface area contributed by atoms with Gasteiger partial charge in [0.2, 0.25) is 0 Å². The topological polar surface area (TPSA) is 85.6 Å². The summed E-state index contributed by atoms with van der Waals surface area (Å²) in [6.45, 7) is 2.00. The number of aromatic nitrogens is 2. The van der Waals surface area contributed by atoms with Gasteiger partial charge < -0.3 is 19.9 Å². The lowest BCUT2D eigenvalue weighted by atomic mass is 10.2. The minimum atomic E-state index is -1.06. The van der Waals surface area contributed by atoms with Crippen LogP contribution in [0.5, 0.6) is 11.5 Å². The second-order valence-electron chi connectivity index (χ2n) is 5.65. The minimum Gasteiger partial charge on any atom is -0.497 e. The normalized spacial score (nSPS) is 11.9. The van der Waals surface area contributed by atoms with Crippen LogP contribution in [-0.2, 0) is 0 Å². The van der Waals surface area contributed by atoms with E-state index in [4.69, 9.17) is 14.6 Å². The molecule has 3 rings (SSSR count). The van der Waals surface area contributed by atoms with Crippen molar-refractivity contribution in [3.8, 4) is 17.2 Å². The lowest BCUT2D eigenvalue weighted by Gasteiger charge is -2.13. The summed E-state index contributed by atoms with van der Waals surface area (Å²) in [5, 5.41) is 16.5. The zero-order valence-electron chi connectivity index (χ0n) is 14.0. The standard InChI is InChI=1S/C18H19N3O4/c1-12(19-18(22)23)11-25-15-5-3-14(4-6-15)21-10-13-9-16(24-2)7-8-17(13)20-21/h3-10,12,19H,11H2,1-2H3,(H,22,23)/t12-/m0/s1. The minimum absolute atomic E-state index is 0.261. The van der Waals surface area contributed by atoms with E-state index < -0.39 is 6.09 Å². The highest BCUT2D eigenvalue weighted by molar-refractivity contribution is 5.80. The average Bonchev–Trinajstić information content (AvgIpc) is 3.03. The predicted molar refractivity (Wildman–Crippen MR) is 93.7 cm³/mol. The molecule has 7 heteroatoms. The monoisotopic (exact) mass is 341 g/mol. The molecule has 0 spiro atoms. The van der Waals surface area contributed by atoms with Crippen molar-refractivity contribution < 1.29 is 19.4 Å². The molecule has 7 nitrogen and oxygen atoms in total. The van der Waals surface area contributed by atoms with Crippen LogP contribution in [0.3, 0.4) is 0 Å². The number of nitrogens with one attached hydrogen (secondary N) is 1. The van der Waals surface area contributed by atoms with Gasteiger partial charge in [-0.05, 0) is 49.4 Å². The lowest BCUT2D eigenvalue weighted by Crippen LogP contribution is -2.35. The molecule has 130 valence electrons. The van der Waals surface area contributed by atoms with Gasteiger partial charge in [-0.3, -0.25) is 0 Å². The Morgan fingerprint density at radius 3 is 2.64 bits per heavy atom. The van der Waals surface area contributed by atoms with Gasteiger partial charge in [0.25, 0.3) is 0 Å². The van der Waals surface area contributed by atoms with Crippen molar-refractivity contribution in [3.05, 3.63) is 48.7 Å². The summed E-state index contributed by atoms with van der Waals surface area (Å²) in [6, 6.07) is 12.9. The van der Waals surface area contributed by atoms with Crippen molar-refractivity contribution >= 4 is 17.0 Å². The quantitative estimate of drug-likeness (QED) is 0.720. The van der Waals surface area contributed by atoms with Gasteiger partial charge in [-0.2, -0.15) is 5.10 Å². The fraction of sp³-hybridized carbons (Fsp3) is 0.222. The number of benzene rings is 2. The molecule has 25 heavy (non-hydrogen) atoms. The first-order valence-electron chi connectivity index (χ1n) is 7.81. The molecule has 1 atom stereocenters. The maximum Gasteiger partial charge on any atom is 0.404 e. The number of ether oxygens (including phenoxy) is 2. The van der Waals surface area contributed by atoms with Crippen molar-refractivity contribution in [3.63, 3.8) is 0 Å². The average molecular weight is 341 g/mol. The molecule has 2 N–H and O–H groups in total. The van der Waals surface area contributed by atoms with Gasteiger partial charge in [0.05, 0.1) is 24.4 Å². The van der Waals surface area contributed by atoms with E-state index in [1.807, 2.05) is 48.7 Å². The molecule has 0 aliphatic carbocycles. The zero-order chi connectivity index (χ0) is 17.8. The molecule has 0 aliphatic rings. The molecule has 1 heterocycles. The predicted octanol–water partition coefficient (Wildman–Crippen LogP) is 3.07. The Labute approximate surface area is 144 Å². The number of methoxy groups -OCH3 is 1. The van der Waals surface area contributed by atoms with E-state index in [2.05, 4.69) is 10.4 Å². The van der Waals surface area contributed by atoms with Gasteiger partial charge in [-0.15, -0.1) is 0 Å². The van der Waals surface area contributed by atoms with E-state index in [9.17, 15) is 4.79 Å². The fourth-order valence-electron chi connectivity index (χ4n) is 2.43. The summed E-state index contributed by atoms with van der Waals surface area (Å²) < 4.78 is 12.6. The smallest absolute Gasteiger partial charge is 0.404 e. The van der Waals surface area contributed by atoms with Crippen LogP contribution in [0.4, 0.5) is 4.79 Å². The van der Waals surface area contributed by atoms with E-state index in [1.54, 1.807) is 18.7 Å². The lowest BCUT2D eigenvalue weighted by molar-refractivity contribution is 0.183. The number of carbonyl (C=O) groups is 1. The highest BCUT2D eigenvalue weighted by atomic mass is 16.5. The van der Waals surface area contributed by atoms with Crippen LogP contribution in [-0.4, -0.2) is 40.7 Å². The molecular formula is C18H19N3O4. The van der Waals surface area contributed by atoms with Crippen molar-refractivity contribution in [2.45, 2.75) is 13.0 Å². The van der Waals surface area contributed by atoms with E-state index in [0.29, 0.717) is 5.75 Å². The van der Waals surface area contributed by atoms with Gasteiger partial charge >= 0.3 is 6.09 Å². The Bertz CT molecular complexity index is 874. The Morgan fingerprint density at radius 1 is 1.24 bits per heavy atom. The molecule has 1 amide bonds. The molecule has 0 saturated heterocycles. The van der Waals surface area contributed by atoms with Crippen molar-refractivity contribution in [1.29, 1.82) is 0 Å². The molecule has 0 aliphatic heterocycles. The fourth-order valence-corrected chi connectivity index (χ4v) is 2.43. The van der Waals surface area contributed by atoms with E-state index >= 15 is 0 Å². The van der Waals surface area contributed by atoms with Gasteiger partial charge in [0.15, 0.2) is 0 Å². The van der Waals surface area contributed by atoms with Crippen LogP contribution in [0, 0.1) is 0 Å². The second-order valence-corrected chi connectivity index (χ2v) is 5.65. The van der Waals surface area contributed by atoms with E-state index in [-0.39, 0.29) is 12.6 Å². The Kier molecular flexibility index (Phi) is 4.74. The van der Waals surface area contributed by atoms with Crippen molar-refractivity contribution in [2.75, 3.05) is 13.7 Å². The summed E-state index contributed by atoms with van der Waals surface area (Å²) in [7, 11) is 1.64. The first kappa shape index (κ1) is 16.6.